The van der Waals surface area contributed by atoms with Crippen LogP contribution in [0.3, 0.4) is 0 Å². The molecule has 1 atom stereocenters. The Kier molecular flexibility index (Phi) is 3.79. The summed E-state index contributed by atoms with van der Waals surface area (Å²) in [5.41, 5.74) is 2.40. The van der Waals surface area contributed by atoms with Crippen molar-refractivity contribution < 1.29 is 9.90 Å². The summed E-state index contributed by atoms with van der Waals surface area (Å²) in [6, 6.07) is 7.68. The Morgan fingerprint density at radius 2 is 2.11 bits per heavy atom. The Bertz CT molecular complexity index is 546. The lowest BCUT2D eigenvalue weighted by Gasteiger charge is -2.15. The van der Waals surface area contributed by atoms with E-state index in [0.717, 1.165) is 22.9 Å². The van der Waals surface area contributed by atoms with Crippen molar-refractivity contribution in [3.63, 3.8) is 0 Å². The van der Waals surface area contributed by atoms with Crippen LogP contribution in [0.1, 0.15) is 16.1 Å². The van der Waals surface area contributed by atoms with Gasteiger partial charge in [-0.1, -0.05) is 18.2 Å². The van der Waals surface area contributed by atoms with Gasteiger partial charge in [0.25, 0.3) is 0 Å². The average molecular weight is 246 g/mol. The third-order valence-electron chi connectivity index (χ3n) is 2.96. The zero-order valence-electron chi connectivity index (χ0n) is 10.7. The number of hydrogen-bond donors (Lipinski definition) is 2. The van der Waals surface area contributed by atoms with E-state index in [1.807, 2.05) is 43.3 Å². The van der Waals surface area contributed by atoms with E-state index in [9.17, 15) is 9.90 Å². The molecular weight excluding hydrogens is 228 g/mol. The number of hydrogen-bond acceptors (Lipinski definition) is 3. The minimum atomic E-state index is -0.480. The number of nitrogens with one attached hydrogen (secondary N) is 1. The van der Waals surface area contributed by atoms with Gasteiger partial charge in [-0.15, -0.1) is 0 Å². The molecule has 4 heteroatoms. The smallest absolute Gasteiger partial charge is 0.152 e. The molecule has 0 spiro atoms. The molecule has 1 aromatic heterocycles. The summed E-state index contributed by atoms with van der Waals surface area (Å²) < 4.78 is 0. The average Bonchev–Trinajstić information content (AvgIpc) is 2.64. The van der Waals surface area contributed by atoms with Crippen molar-refractivity contribution >= 4 is 17.2 Å². The van der Waals surface area contributed by atoms with Crippen molar-refractivity contribution in [2.45, 2.75) is 12.5 Å². The van der Waals surface area contributed by atoms with Gasteiger partial charge < -0.3 is 15.0 Å². The second-order valence-corrected chi connectivity index (χ2v) is 4.80. The SMILES string of the molecule is CN(C)CC(O)Cc1[nH]c2ccccc2c1C=O. The summed E-state index contributed by atoms with van der Waals surface area (Å²) >= 11 is 0. The fourth-order valence-corrected chi connectivity index (χ4v) is 2.24. The Morgan fingerprint density at radius 3 is 2.78 bits per heavy atom. The number of aromatic amines is 1. The van der Waals surface area contributed by atoms with Crippen molar-refractivity contribution in [2.75, 3.05) is 20.6 Å². The summed E-state index contributed by atoms with van der Waals surface area (Å²) in [5, 5.41) is 10.9. The number of carbonyl (C=O) groups excluding carboxylic acids is 1. The maximum atomic E-state index is 11.2. The predicted octanol–water partition coefficient (Wildman–Crippen LogP) is 1.45. The van der Waals surface area contributed by atoms with Crippen LogP contribution >= 0.6 is 0 Å². The minimum Gasteiger partial charge on any atom is -0.391 e. The van der Waals surface area contributed by atoms with E-state index in [-0.39, 0.29) is 0 Å². The zero-order chi connectivity index (χ0) is 13.1. The van der Waals surface area contributed by atoms with E-state index >= 15 is 0 Å². The number of para-hydroxylation sites is 1. The molecule has 0 fully saturated rings. The van der Waals surface area contributed by atoms with Gasteiger partial charge in [0.15, 0.2) is 6.29 Å². The number of H-pyrrole nitrogens is 1. The molecule has 0 aliphatic carbocycles. The molecular formula is C14H18N2O2. The second-order valence-electron chi connectivity index (χ2n) is 4.80. The Morgan fingerprint density at radius 1 is 1.39 bits per heavy atom. The number of rotatable bonds is 5. The fourth-order valence-electron chi connectivity index (χ4n) is 2.24. The van der Waals surface area contributed by atoms with Gasteiger partial charge in [-0.2, -0.15) is 0 Å². The normalized spacial score (nSPS) is 13.1. The van der Waals surface area contributed by atoms with Crippen LogP contribution in [0.15, 0.2) is 24.3 Å². The fraction of sp³-hybridized carbons (Fsp3) is 0.357. The van der Waals surface area contributed by atoms with Crippen molar-refractivity contribution in [1.82, 2.24) is 9.88 Å². The summed E-state index contributed by atoms with van der Waals surface area (Å²) in [6.07, 6.45) is 0.837. The lowest BCUT2D eigenvalue weighted by atomic mass is 10.1. The number of benzene rings is 1. The number of aliphatic hydroxyl groups excluding tert-OH is 1. The summed E-state index contributed by atoms with van der Waals surface area (Å²) in [5.74, 6) is 0. The highest BCUT2D eigenvalue weighted by Crippen LogP contribution is 2.21. The molecule has 1 unspecified atom stereocenters. The van der Waals surface area contributed by atoms with Crippen molar-refractivity contribution in [3.8, 4) is 0 Å². The van der Waals surface area contributed by atoms with Crippen LogP contribution in [-0.4, -0.2) is 48.0 Å². The van der Waals surface area contributed by atoms with Crippen LogP contribution in [0.25, 0.3) is 10.9 Å². The first-order valence-electron chi connectivity index (χ1n) is 5.99. The number of aromatic nitrogens is 1. The van der Waals surface area contributed by atoms with Crippen LogP contribution in [0, 0.1) is 0 Å². The first kappa shape index (κ1) is 12.8. The molecule has 1 heterocycles. The molecule has 2 aromatic rings. The first-order chi connectivity index (χ1) is 8.61. The molecule has 18 heavy (non-hydrogen) atoms. The van der Waals surface area contributed by atoms with Crippen LogP contribution in [0.5, 0.6) is 0 Å². The van der Waals surface area contributed by atoms with Gasteiger partial charge in [-0.25, -0.2) is 0 Å². The highest BCUT2D eigenvalue weighted by Gasteiger charge is 2.14. The number of aldehydes is 1. The molecule has 0 saturated heterocycles. The van der Waals surface area contributed by atoms with Crippen molar-refractivity contribution in [3.05, 3.63) is 35.5 Å². The van der Waals surface area contributed by atoms with Gasteiger partial charge in [-0.3, -0.25) is 4.79 Å². The van der Waals surface area contributed by atoms with E-state index in [1.54, 1.807) is 0 Å². The molecule has 0 bridgehead atoms. The predicted molar refractivity (Wildman–Crippen MR) is 72.0 cm³/mol. The third kappa shape index (κ3) is 2.60. The molecule has 0 aliphatic rings. The summed E-state index contributed by atoms with van der Waals surface area (Å²) in [7, 11) is 3.82. The van der Waals surface area contributed by atoms with Crippen molar-refractivity contribution in [1.29, 1.82) is 0 Å². The number of fused-ring (bicyclic) bond motifs is 1. The van der Waals surface area contributed by atoms with Gasteiger partial charge in [0, 0.05) is 35.1 Å². The molecule has 1 aromatic carbocycles. The number of likely N-dealkylation sites (N-methyl/N-ethyl adjacent to an activating group) is 1. The van der Waals surface area contributed by atoms with Gasteiger partial charge in [0.05, 0.1) is 6.10 Å². The molecule has 4 nitrogen and oxygen atoms in total. The maximum Gasteiger partial charge on any atom is 0.152 e. The summed E-state index contributed by atoms with van der Waals surface area (Å²) in [4.78, 5) is 16.3. The van der Waals surface area contributed by atoms with Crippen LogP contribution in [-0.2, 0) is 6.42 Å². The minimum absolute atomic E-state index is 0.459. The quantitative estimate of drug-likeness (QED) is 0.785. The van der Waals surface area contributed by atoms with Crippen LogP contribution in [0.4, 0.5) is 0 Å². The Hall–Kier alpha value is -1.65. The highest BCUT2D eigenvalue weighted by molar-refractivity contribution is 5.98. The largest absolute Gasteiger partial charge is 0.391 e. The molecule has 0 saturated carbocycles. The number of aliphatic hydroxyl groups is 1. The topological polar surface area (TPSA) is 56.3 Å². The Labute approximate surface area is 106 Å². The Balaban J connectivity index is 2.30. The van der Waals surface area contributed by atoms with E-state index in [1.165, 1.54) is 0 Å². The van der Waals surface area contributed by atoms with Crippen LogP contribution in [0.2, 0.25) is 0 Å². The molecule has 0 radical (unpaired) electrons. The van der Waals surface area contributed by atoms with Gasteiger partial charge >= 0.3 is 0 Å². The second kappa shape index (κ2) is 5.33. The molecule has 2 rings (SSSR count). The third-order valence-corrected chi connectivity index (χ3v) is 2.96. The molecule has 96 valence electrons. The molecule has 2 N–H and O–H groups in total. The van der Waals surface area contributed by atoms with Crippen LogP contribution < -0.4 is 0 Å². The van der Waals surface area contributed by atoms with E-state index in [2.05, 4.69) is 4.98 Å². The van der Waals surface area contributed by atoms with E-state index in [4.69, 9.17) is 0 Å². The van der Waals surface area contributed by atoms with Crippen molar-refractivity contribution in [2.24, 2.45) is 0 Å². The van der Waals surface area contributed by atoms with E-state index in [0.29, 0.717) is 18.5 Å². The highest BCUT2D eigenvalue weighted by atomic mass is 16.3. The number of carbonyl (C=O) groups is 1. The monoisotopic (exact) mass is 246 g/mol. The van der Waals surface area contributed by atoms with Gasteiger partial charge in [0.1, 0.15) is 0 Å². The summed E-state index contributed by atoms with van der Waals surface area (Å²) in [6.45, 7) is 0.577. The molecule has 0 aliphatic heterocycles. The standard InChI is InChI=1S/C14H18N2O2/c1-16(2)8-10(18)7-14-12(9-17)11-5-3-4-6-13(11)15-14/h3-6,9-10,15,18H,7-8H2,1-2H3. The molecule has 0 amide bonds. The lowest BCUT2D eigenvalue weighted by molar-refractivity contribution is 0.112. The van der Waals surface area contributed by atoms with E-state index < -0.39 is 6.10 Å². The maximum absolute atomic E-state index is 11.2. The zero-order valence-corrected chi connectivity index (χ0v) is 10.7. The first-order valence-corrected chi connectivity index (χ1v) is 5.99. The van der Waals surface area contributed by atoms with Gasteiger partial charge in [-0.05, 0) is 20.2 Å². The number of nitrogens with zero attached hydrogens (tertiary/aromatic N) is 1. The van der Waals surface area contributed by atoms with Gasteiger partial charge in [0.2, 0.25) is 0 Å². The lowest BCUT2D eigenvalue weighted by Crippen LogP contribution is -2.27.